The zero-order valence-electron chi connectivity index (χ0n) is 14.9. The quantitative estimate of drug-likeness (QED) is 0.374. The van der Waals surface area contributed by atoms with Gasteiger partial charge in [-0.25, -0.2) is 5.43 Å². The SMILES string of the molecule is CNC(=O)c1ccc(C(=O)NN=C(C)c2csc(-c3ccc(Br)cc3)c2O)s1. The second kappa shape index (κ2) is 8.68. The third kappa shape index (κ3) is 4.32. The van der Waals surface area contributed by atoms with Crippen LogP contribution >= 0.6 is 38.6 Å². The number of hydrazone groups is 1. The van der Waals surface area contributed by atoms with E-state index in [1.807, 2.05) is 24.3 Å². The molecule has 6 nitrogen and oxygen atoms in total. The fourth-order valence-electron chi connectivity index (χ4n) is 2.37. The first-order chi connectivity index (χ1) is 13.4. The summed E-state index contributed by atoms with van der Waals surface area (Å²) in [5.74, 6) is -0.532. The van der Waals surface area contributed by atoms with E-state index >= 15 is 0 Å². The van der Waals surface area contributed by atoms with Crippen molar-refractivity contribution in [2.75, 3.05) is 7.05 Å². The van der Waals surface area contributed by atoms with Crippen molar-refractivity contribution in [1.29, 1.82) is 0 Å². The van der Waals surface area contributed by atoms with Crippen LogP contribution in [0.25, 0.3) is 10.4 Å². The van der Waals surface area contributed by atoms with E-state index in [1.54, 1.807) is 24.4 Å². The second-order valence-electron chi connectivity index (χ2n) is 5.72. The molecule has 2 aromatic heterocycles. The number of rotatable bonds is 5. The molecule has 0 unspecified atom stereocenters. The summed E-state index contributed by atoms with van der Waals surface area (Å²) >= 11 is 5.88. The van der Waals surface area contributed by atoms with Gasteiger partial charge in [0, 0.05) is 16.9 Å². The topological polar surface area (TPSA) is 90.8 Å². The third-order valence-corrected chi connectivity index (χ3v) is 6.50. The number of benzene rings is 1. The molecule has 0 atom stereocenters. The molecule has 2 heterocycles. The molecule has 0 fully saturated rings. The van der Waals surface area contributed by atoms with Crippen LogP contribution in [0.2, 0.25) is 0 Å². The molecule has 0 radical (unpaired) electrons. The molecule has 0 saturated carbocycles. The molecule has 9 heteroatoms. The average molecular weight is 478 g/mol. The van der Waals surface area contributed by atoms with E-state index in [4.69, 9.17) is 0 Å². The van der Waals surface area contributed by atoms with Gasteiger partial charge < -0.3 is 10.4 Å². The molecule has 1 aromatic carbocycles. The third-order valence-electron chi connectivity index (χ3n) is 3.87. The maximum atomic E-state index is 12.2. The van der Waals surface area contributed by atoms with E-state index in [9.17, 15) is 14.7 Å². The van der Waals surface area contributed by atoms with Crippen LogP contribution in [-0.2, 0) is 0 Å². The average Bonchev–Trinajstić information content (AvgIpc) is 3.33. The number of hydrogen-bond acceptors (Lipinski definition) is 6. The Labute approximate surface area is 178 Å². The molecule has 2 amide bonds. The van der Waals surface area contributed by atoms with Crippen LogP contribution in [0.3, 0.4) is 0 Å². The molecule has 0 aliphatic heterocycles. The van der Waals surface area contributed by atoms with Crippen molar-refractivity contribution in [2.24, 2.45) is 5.10 Å². The van der Waals surface area contributed by atoms with E-state index in [1.165, 1.54) is 18.4 Å². The molecule has 3 aromatic rings. The van der Waals surface area contributed by atoms with E-state index < -0.39 is 5.91 Å². The Hall–Kier alpha value is -2.49. The number of carbonyl (C=O) groups is 2. The number of hydrogen-bond donors (Lipinski definition) is 3. The zero-order valence-corrected chi connectivity index (χ0v) is 18.2. The Kier molecular flexibility index (Phi) is 6.28. The van der Waals surface area contributed by atoms with Crippen LogP contribution in [0.15, 0.2) is 51.4 Å². The van der Waals surface area contributed by atoms with Gasteiger partial charge in [-0.05, 0) is 36.8 Å². The summed E-state index contributed by atoms with van der Waals surface area (Å²) in [6, 6.07) is 10.8. The van der Waals surface area contributed by atoms with Crippen LogP contribution in [-0.4, -0.2) is 29.7 Å². The fourth-order valence-corrected chi connectivity index (χ4v) is 4.49. The number of thiophene rings is 2. The minimum Gasteiger partial charge on any atom is -0.506 e. The Bertz CT molecular complexity index is 1050. The van der Waals surface area contributed by atoms with Crippen LogP contribution < -0.4 is 10.7 Å². The Morgan fingerprint density at radius 2 is 1.71 bits per heavy atom. The predicted molar refractivity (Wildman–Crippen MR) is 117 cm³/mol. The highest BCUT2D eigenvalue weighted by Gasteiger charge is 2.16. The van der Waals surface area contributed by atoms with Gasteiger partial charge >= 0.3 is 0 Å². The standard InChI is InChI=1S/C19H16BrN3O3S2/c1-10(22-23-19(26)15-8-7-14(28-15)18(25)21-2)13-9-27-17(16(13)24)11-3-5-12(20)6-4-11/h3-9,24H,1-2H3,(H,21,25)(H,23,26). The number of halogens is 1. The molecule has 0 bridgehead atoms. The fraction of sp³-hybridized carbons (Fsp3) is 0.105. The molecule has 0 spiro atoms. The highest BCUT2D eigenvalue weighted by molar-refractivity contribution is 9.10. The lowest BCUT2D eigenvalue weighted by Gasteiger charge is -2.03. The van der Waals surface area contributed by atoms with Gasteiger partial charge in [0.05, 0.1) is 25.9 Å². The van der Waals surface area contributed by atoms with Gasteiger partial charge in [-0.15, -0.1) is 22.7 Å². The van der Waals surface area contributed by atoms with E-state index in [-0.39, 0.29) is 11.7 Å². The number of aromatic hydroxyl groups is 1. The Morgan fingerprint density at radius 3 is 2.36 bits per heavy atom. The molecule has 28 heavy (non-hydrogen) atoms. The lowest BCUT2D eigenvalue weighted by molar-refractivity contribution is 0.0955. The van der Waals surface area contributed by atoms with Crippen molar-refractivity contribution in [1.82, 2.24) is 10.7 Å². The summed E-state index contributed by atoms with van der Waals surface area (Å²) in [5, 5.41) is 19.0. The van der Waals surface area contributed by atoms with Crippen molar-refractivity contribution in [3.05, 3.63) is 61.6 Å². The van der Waals surface area contributed by atoms with Crippen molar-refractivity contribution in [3.8, 4) is 16.2 Å². The molecule has 3 N–H and O–H groups in total. The minimum absolute atomic E-state index is 0.126. The number of nitrogens with one attached hydrogen (secondary N) is 2. The first-order valence-electron chi connectivity index (χ1n) is 8.14. The summed E-state index contributed by atoms with van der Waals surface area (Å²) in [6.45, 7) is 1.71. The van der Waals surface area contributed by atoms with Crippen LogP contribution in [0, 0.1) is 0 Å². The normalized spacial score (nSPS) is 11.3. The van der Waals surface area contributed by atoms with Gasteiger partial charge in [-0.1, -0.05) is 28.1 Å². The molecule has 144 valence electrons. The molecule has 0 aliphatic carbocycles. The summed E-state index contributed by atoms with van der Waals surface area (Å²) < 4.78 is 0.959. The minimum atomic E-state index is -0.414. The molecular formula is C19H16BrN3O3S2. The lowest BCUT2D eigenvalue weighted by atomic mass is 10.1. The maximum Gasteiger partial charge on any atom is 0.281 e. The van der Waals surface area contributed by atoms with Crippen LogP contribution in [0.5, 0.6) is 5.75 Å². The van der Waals surface area contributed by atoms with E-state index in [0.717, 1.165) is 26.3 Å². The number of nitrogens with zero attached hydrogens (tertiary/aromatic N) is 1. The van der Waals surface area contributed by atoms with Crippen molar-refractivity contribution >= 4 is 56.1 Å². The van der Waals surface area contributed by atoms with Gasteiger partial charge in [-0.3, -0.25) is 9.59 Å². The van der Waals surface area contributed by atoms with Gasteiger partial charge in [0.1, 0.15) is 5.75 Å². The van der Waals surface area contributed by atoms with E-state index in [0.29, 0.717) is 21.0 Å². The van der Waals surface area contributed by atoms with Gasteiger partial charge in [0.25, 0.3) is 11.8 Å². The number of amides is 2. The van der Waals surface area contributed by atoms with E-state index in [2.05, 4.69) is 31.8 Å². The summed E-state index contributed by atoms with van der Waals surface area (Å²) in [5.41, 5.74) is 4.40. The molecule has 0 aliphatic rings. The first kappa shape index (κ1) is 20.2. The first-order valence-corrected chi connectivity index (χ1v) is 10.6. The van der Waals surface area contributed by atoms with Crippen molar-refractivity contribution in [3.63, 3.8) is 0 Å². The molecule has 3 rings (SSSR count). The molecule has 0 saturated heterocycles. The Balaban J connectivity index is 1.75. The number of carbonyl (C=O) groups excluding carboxylic acids is 2. The second-order valence-corrected chi connectivity index (χ2v) is 8.59. The highest BCUT2D eigenvalue weighted by atomic mass is 79.9. The monoisotopic (exact) mass is 477 g/mol. The predicted octanol–water partition coefficient (Wildman–Crippen LogP) is 4.46. The van der Waals surface area contributed by atoms with Gasteiger partial charge in [0.15, 0.2) is 0 Å². The Morgan fingerprint density at radius 1 is 1.07 bits per heavy atom. The maximum absolute atomic E-state index is 12.2. The lowest BCUT2D eigenvalue weighted by Crippen LogP contribution is -2.18. The zero-order chi connectivity index (χ0) is 20.3. The van der Waals surface area contributed by atoms with Crippen LogP contribution in [0.4, 0.5) is 0 Å². The van der Waals surface area contributed by atoms with Crippen molar-refractivity contribution < 1.29 is 14.7 Å². The van der Waals surface area contributed by atoms with Gasteiger partial charge in [0.2, 0.25) is 0 Å². The highest BCUT2D eigenvalue weighted by Crippen LogP contribution is 2.39. The largest absolute Gasteiger partial charge is 0.506 e. The smallest absolute Gasteiger partial charge is 0.281 e. The summed E-state index contributed by atoms with van der Waals surface area (Å²) in [7, 11) is 1.53. The van der Waals surface area contributed by atoms with Gasteiger partial charge in [-0.2, -0.15) is 5.10 Å². The summed E-state index contributed by atoms with van der Waals surface area (Å²) in [4.78, 5) is 25.4. The summed E-state index contributed by atoms with van der Waals surface area (Å²) in [6.07, 6.45) is 0. The van der Waals surface area contributed by atoms with Crippen LogP contribution in [0.1, 0.15) is 31.8 Å². The van der Waals surface area contributed by atoms with Crippen molar-refractivity contribution in [2.45, 2.75) is 6.92 Å². The molecular weight excluding hydrogens is 462 g/mol.